The highest BCUT2D eigenvalue weighted by atomic mass is 15.2. The number of rotatable bonds is 5. The van der Waals surface area contributed by atoms with Crippen molar-refractivity contribution in [2.45, 2.75) is 38.8 Å². The van der Waals surface area contributed by atoms with E-state index in [1.54, 1.807) is 0 Å². The molecule has 0 amide bonds. The smallest absolute Gasteiger partial charge is 0.0209 e. The molecule has 0 aliphatic carbocycles. The monoisotopic (exact) mass is 196 g/mol. The molecule has 0 saturated carbocycles. The van der Waals surface area contributed by atoms with Crippen LogP contribution in [-0.2, 0) is 0 Å². The second-order valence-corrected chi connectivity index (χ2v) is 4.70. The number of allylic oxidation sites excluding steroid dienone is 1. The lowest BCUT2D eigenvalue weighted by Gasteiger charge is -2.24. The standard InChI is InChI=1S/C12H24N2/c1-5-6-10(2)11(3)13-12-7-8-14(4)9-12/h5,10-13H,1,6-9H2,2-4H3. The Morgan fingerprint density at radius 1 is 1.57 bits per heavy atom. The molecule has 0 aromatic carbocycles. The van der Waals surface area contributed by atoms with E-state index < -0.39 is 0 Å². The number of hydrogen-bond acceptors (Lipinski definition) is 2. The first-order chi connectivity index (χ1) is 6.63. The topological polar surface area (TPSA) is 15.3 Å². The Labute approximate surface area is 88.4 Å². The lowest BCUT2D eigenvalue weighted by molar-refractivity contribution is 0.343. The minimum atomic E-state index is 0.601. The van der Waals surface area contributed by atoms with Gasteiger partial charge in [0.1, 0.15) is 0 Å². The van der Waals surface area contributed by atoms with Gasteiger partial charge in [0.25, 0.3) is 0 Å². The van der Waals surface area contributed by atoms with E-state index in [1.807, 2.05) is 6.08 Å². The quantitative estimate of drug-likeness (QED) is 0.675. The fraction of sp³-hybridized carbons (Fsp3) is 0.833. The van der Waals surface area contributed by atoms with E-state index in [-0.39, 0.29) is 0 Å². The first-order valence-corrected chi connectivity index (χ1v) is 5.69. The van der Waals surface area contributed by atoms with Gasteiger partial charge >= 0.3 is 0 Å². The van der Waals surface area contributed by atoms with Crippen LogP contribution in [0.15, 0.2) is 12.7 Å². The summed E-state index contributed by atoms with van der Waals surface area (Å²) in [6, 6.07) is 1.30. The van der Waals surface area contributed by atoms with Crippen molar-refractivity contribution in [1.82, 2.24) is 10.2 Å². The van der Waals surface area contributed by atoms with Crippen LogP contribution in [0.2, 0.25) is 0 Å². The predicted octanol–water partition coefficient (Wildman–Crippen LogP) is 1.88. The fourth-order valence-corrected chi connectivity index (χ4v) is 2.07. The van der Waals surface area contributed by atoms with Gasteiger partial charge in [-0.05, 0) is 39.3 Å². The zero-order valence-electron chi connectivity index (χ0n) is 9.79. The number of likely N-dealkylation sites (N-methyl/N-ethyl adjacent to an activating group) is 1. The van der Waals surface area contributed by atoms with Crippen LogP contribution < -0.4 is 5.32 Å². The predicted molar refractivity (Wildman–Crippen MR) is 62.5 cm³/mol. The van der Waals surface area contributed by atoms with Gasteiger partial charge in [0.2, 0.25) is 0 Å². The highest BCUT2D eigenvalue weighted by molar-refractivity contribution is 4.84. The van der Waals surface area contributed by atoms with Crippen molar-refractivity contribution in [2.24, 2.45) is 5.92 Å². The molecule has 2 heteroatoms. The molecular weight excluding hydrogens is 172 g/mol. The molecule has 0 aromatic rings. The van der Waals surface area contributed by atoms with E-state index in [0.29, 0.717) is 18.0 Å². The maximum atomic E-state index is 3.79. The summed E-state index contributed by atoms with van der Waals surface area (Å²) < 4.78 is 0. The third-order valence-electron chi connectivity index (χ3n) is 3.28. The fourth-order valence-electron chi connectivity index (χ4n) is 2.07. The maximum Gasteiger partial charge on any atom is 0.0209 e. The number of nitrogens with one attached hydrogen (secondary N) is 1. The van der Waals surface area contributed by atoms with Crippen LogP contribution in [0.3, 0.4) is 0 Å². The molecular formula is C12H24N2. The SMILES string of the molecule is C=CCC(C)C(C)NC1CCN(C)C1. The van der Waals surface area contributed by atoms with Gasteiger partial charge in [-0.15, -0.1) is 6.58 Å². The average Bonchev–Trinajstić information content (AvgIpc) is 2.51. The van der Waals surface area contributed by atoms with Crippen molar-refractivity contribution >= 4 is 0 Å². The van der Waals surface area contributed by atoms with Gasteiger partial charge in [-0.1, -0.05) is 13.0 Å². The zero-order valence-corrected chi connectivity index (χ0v) is 9.79. The van der Waals surface area contributed by atoms with Gasteiger partial charge in [-0.25, -0.2) is 0 Å². The Hall–Kier alpha value is -0.340. The molecule has 2 nitrogen and oxygen atoms in total. The van der Waals surface area contributed by atoms with Crippen LogP contribution in [0.1, 0.15) is 26.7 Å². The summed E-state index contributed by atoms with van der Waals surface area (Å²) in [5, 5.41) is 3.70. The van der Waals surface area contributed by atoms with Crippen molar-refractivity contribution < 1.29 is 0 Å². The summed E-state index contributed by atoms with van der Waals surface area (Å²) >= 11 is 0. The summed E-state index contributed by atoms with van der Waals surface area (Å²) in [6.45, 7) is 10.8. The van der Waals surface area contributed by atoms with E-state index in [1.165, 1.54) is 19.5 Å². The van der Waals surface area contributed by atoms with Gasteiger partial charge in [0, 0.05) is 18.6 Å². The normalized spacial score (nSPS) is 27.5. The van der Waals surface area contributed by atoms with E-state index >= 15 is 0 Å². The van der Waals surface area contributed by atoms with E-state index in [9.17, 15) is 0 Å². The third kappa shape index (κ3) is 3.43. The van der Waals surface area contributed by atoms with Gasteiger partial charge in [0.05, 0.1) is 0 Å². The van der Waals surface area contributed by atoms with Crippen molar-refractivity contribution in [3.8, 4) is 0 Å². The molecule has 1 aliphatic heterocycles. The minimum absolute atomic E-state index is 0.601. The molecule has 0 bridgehead atoms. The highest BCUT2D eigenvalue weighted by Gasteiger charge is 2.22. The molecule has 1 rings (SSSR count). The second kappa shape index (κ2) is 5.52. The third-order valence-corrected chi connectivity index (χ3v) is 3.28. The number of hydrogen-bond donors (Lipinski definition) is 1. The Bertz CT molecular complexity index is 179. The lowest BCUT2D eigenvalue weighted by atomic mass is 9.99. The Balaban J connectivity index is 2.25. The largest absolute Gasteiger partial charge is 0.310 e. The van der Waals surface area contributed by atoms with Gasteiger partial charge < -0.3 is 10.2 Å². The van der Waals surface area contributed by atoms with Crippen LogP contribution in [0.25, 0.3) is 0 Å². The number of nitrogens with zero attached hydrogens (tertiary/aromatic N) is 1. The molecule has 3 unspecified atom stereocenters. The van der Waals surface area contributed by atoms with Gasteiger partial charge in [0.15, 0.2) is 0 Å². The summed E-state index contributed by atoms with van der Waals surface area (Å²) in [7, 11) is 2.19. The molecule has 0 aromatic heterocycles. The van der Waals surface area contributed by atoms with E-state index in [0.717, 1.165) is 6.42 Å². The van der Waals surface area contributed by atoms with Gasteiger partial charge in [-0.3, -0.25) is 0 Å². The Morgan fingerprint density at radius 3 is 2.79 bits per heavy atom. The molecule has 1 N–H and O–H groups in total. The van der Waals surface area contributed by atoms with Crippen LogP contribution in [0.4, 0.5) is 0 Å². The summed E-state index contributed by atoms with van der Waals surface area (Å²) in [4.78, 5) is 2.39. The Kier molecular flexibility index (Phi) is 4.63. The summed E-state index contributed by atoms with van der Waals surface area (Å²) in [5.74, 6) is 0.693. The first-order valence-electron chi connectivity index (χ1n) is 5.69. The minimum Gasteiger partial charge on any atom is -0.310 e. The first kappa shape index (κ1) is 11.7. The lowest BCUT2D eigenvalue weighted by Crippen LogP contribution is -2.41. The molecule has 1 heterocycles. The van der Waals surface area contributed by atoms with Crippen LogP contribution >= 0.6 is 0 Å². The van der Waals surface area contributed by atoms with Gasteiger partial charge in [-0.2, -0.15) is 0 Å². The molecule has 1 aliphatic rings. The molecule has 14 heavy (non-hydrogen) atoms. The molecule has 1 fully saturated rings. The van der Waals surface area contributed by atoms with Crippen molar-refractivity contribution in [2.75, 3.05) is 20.1 Å². The van der Waals surface area contributed by atoms with E-state index in [2.05, 4.69) is 37.7 Å². The summed E-state index contributed by atoms with van der Waals surface area (Å²) in [5.41, 5.74) is 0. The van der Waals surface area contributed by atoms with Crippen molar-refractivity contribution in [3.05, 3.63) is 12.7 Å². The molecule has 0 radical (unpaired) electrons. The molecule has 1 saturated heterocycles. The average molecular weight is 196 g/mol. The number of likely N-dealkylation sites (tertiary alicyclic amines) is 1. The second-order valence-electron chi connectivity index (χ2n) is 4.70. The van der Waals surface area contributed by atoms with Crippen LogP contribution in [0.5, 0.6) is 0 Å². The van der Waals surface area contributed by atoms with Crippen LogP contribution in [0, 0.1) is 5.92 Å². The molecule has 82 valence electrons. The molecule has 0 spiro atoms. The zero-order chi connectivity index (χ0) is 10.6. The van der Waals surface area contributed by atoms with Crippen LogP contribution in [-0.4, -0.2) is 37.1 Å². The summed E-state index contributed by atoms with van der Waals surface area (Å²) in [6.07, 6.45) is 4.42. The van der Waals surface area contributed by atoms with E-state index in [4.69, 9.17) is 0 Å². The molecule has 3 atom stereocenters. The maximum absolute atomic E-state index is 3.79. The Morgan fingerprint density at radius 2 is 2.29 bits per heavy atom. The van der Waals surface area contributed by atoms with Crippen molar-refractivity contribution in [1.29, 1.82) is 0 Å². The van der Waals surface area contributed by atoms with Crippen molar-refractivity contribution in [3.63, 3.8) is 0 Å². The highest BCUT2D eigenvalue weighted by Crippen LogP contribution is 2.12.